The SMILES string of the molecule is CCCCCCC(=O)NC(=S)Nc1ccc(C(=O)NCc2ccco2)cc1. The van der Waals surface area contributed by atoms with Crippen LogP contribution in [0.15, 0.2) is 47.1 Å². The topological polar surface area (TPSA) is 83.4 Å². The Morgan fingerprint density at radius 1 is 1.07 bits per heavy atom. The summed E-state index contributed by atoms with van der Waals surface area (Å²) in [5, 5.41) is 8.65. The van der Waals surface area contributed by atoms with Gasteiger partial charge in [-0.05, 0) is 55.0 Å². The standard InChI is InChI=1S/C20H25N3O3S/c1-2-3-4-5-8-18(24)23-20(27)22-16-11-9-15(10-12-16)19(25)21-14-17-7-6-13-26-17/h6-7,9-13H,2-5,8,14H2,1H3,(H,21,25)(H2,22,23,24,27). The number of hydrogen-bond donors (Lipinski definition) is 3. The second-order valence-electron chi connectivity index (χ2n) is 6.15. The van der Waals surface area contributed by atoms with Crippen molar-refractivity contribution in [1.29, 1.82) is 0 Å². The van der Waals surface area contributed by atoms with Gasteiger partial charge in [0.2, 0.25) is 5.91 Å². The van der Waals surface area contributed by atoms with Gasteiger partial charge in [0.25, 0.3) is 5.91 Å². The van der Waals surface area contributed by atoms with Gasteiger partial charge in [-0.2, -0.15) is 0 Å². The molecule has 0 aliphatic heterocycles. The fourth-order valence-corrected chi connectivity index (χ4v) is 2.68. The first-order chi connectivity index (χ1) is 13.1. The van der Waals surface area contributed by atoms with E-state index in [0.717, 1.165) is 25.7 Å². The quantitative estimate of drug-likeness (QED) is 0.448. The van der Waals surface area contributed by atoms with Gasteiger partial charge in [-0.15, -0.1) is 0 Å². The van der Waals surface area contributed by atoms with Gasteiger partial charge in [0.1, 0.15) is 5.76 Å². The van der Waals surface area contributed by atoms with Crippen LogP contribution in [0.1, 0.15) is 55.1 Å². The smallest absolute Gasteiger partial charge is 0.251 e. The molecule has 1 heterocycles. The highest BCUT2D eigenvalue weighted by atomic mass is 32.1. The van der Waals surface area contributed by atoms with Gasteiger partial charge in [0.05, 0.1) is 12.8 Å². The maximum Gasteiger partial charge on any atom is 0.251 e. The fraction of sp³-hybridized carbons (Fsp3) is 0.350. The first-order valence-electron chi connectivity index (χ1n) is 9.10. The molecule has 144 valence electrons. The first kappa shape index (κ1) is 20.6. The number of anilines is 1. The van der Waals surface area contributed by atoms with E-state index in [1.54, 1.807) is 42.7 Å². The summed E-state index contributed by atoms with van der Waals surface area (Å²) in [6.45, 7) is 2.47. The third-order valence-corrected chi connectivity index (χ3v) is 4.12. The van der Waals surface area contributed by atoms with E-state index < -0.39 is 0 Å². The lowest BCUT2D eigenvalue weighted by molar-refractivity contribution is -0.119. The molecule has 0 saturated heterocycles. The number of carbonyl (C=O) groups excluding carboxylic acids is 2. The van der Waals surface area contributed by atoms with Crippen LogP contribution in [0, 0.1) is 0 Å². The molecular formula is C20H25N3O3S. The Labute approximate surface area is 164 Å². The van der Waals surface area contributed by atoms with Crippen LogP contribution in [-0.4, -0.2) is 16.9 Å². The normalized spacial score (nSPS) is 10.3. The summed E-state index contributed by atoms with van der Waals surface area (Å²) < 4.78 is 5.18. The minimum atomic E-state index is -0.194. The Kier molecular flexibility index (Phi) is 8.51. The van der Waals surface area contributed by atoms with E-state index in [2.05, 4.69) is 22.9 Å². The van der Waals surface area contributed by atoms with Gasteiger partial charge in [0, 0.05) is 17.7 Å². The second-order valence-corrected chi connectivity index (χ2v) is 6.56. The summed E-state index contributed by atoms with van der Waals surface area (Å²) in [6.07, 6.45) is 6.22. The number of amides is 2. The Morgan fingerprint density at radius 2 is 1.85 bits per heavy atom. The molecule has 2 amide bonds. The Hall–Kier alpha value is -2.67. The van der Waals surface area contributed by atoms with Crippen LogP contribution in [0.3, 0.4) is 0 Å². The van der Waals surface area contributed by atoms with Crippen molar-refractivity contribution >= 4 is 34.8 Å². The number of rotatable bonds is 9. The highest BCUT2D eigenvalue weighted by molar-refractivity contribution is 7.80. The van der Waals surface area contributed by atoms with E-state index in [1.165, 1.54) is 0 Å². The van der Waals surface area contributed by atoms with Crippen molar-refractivity contribution in [3.8, 4) is 0 Å². The molecule has 2 rings (SSSR count). The molecule has 1 aromatic heterocycles. The number of nitrogens with one attached hydrogen (secondary N) is 3. The van der Waals surface area contributed by atoms with Crippen molar-refractivity contribution in [2.24, 2.45) is 0 Å². The van der Waals surface area contributed by atoms with Crippen molar-refractivity contribution in [3.05, 3.63) is 54.0 Å². The molecule has 27 heavy (non-hydrogen) atoms. The van der Waals surface area contributed by atoms with Crippen LogP contribution in [0.4, 0.5) is 5.69 Å². The number of carbonyl (C=O) groups is 2. The second kappa shape index (κ2) is 11.1. The van der Waals surface area contributed by atoms with Crippen molar-refractivity contribution in [2.75, 3.05) is 5.32 Å². The molecule has 0 unspecified atom stereocenters. The predicted molar refractivity (Wildman–Crippen MR) is 109 cm³/mol. The molecule has 1 aromatic carbocycles. The molecule has 7 heteroatoms. The lowest BCUT2D eigenvalue weighted by atomic mass is 10.1. The van der Waals surface area contributed by atoms with Crippen LogP contribution in [0.5, 0.6) is 0 Å². The third kappa shape index (κ3) is 7.62. The summed E-state index contributed by atoms with van der Waals surface area (Å²) in [4.78, 5) is 23.9. The van der Waals surface area contributed by atoms with Crippen LogP contribution in [-0.2, 0) is 11.3 Å². The van der Waals surface area contributed by atoms with E-state index in [0.29, 0.717) is 30.0 Å². The highest BCUT2D eigenvalue weighted by Gasteiger charge is 2.08. The average Bonchev–Trinajstić information content (AvgIpc) is 3.17. The number of benzene rings is 1. The molecule has 0 atom stereocenters. The first-order valence-corrected chi connectivity index (χ1v) is 9.50. The third-order valence-electron chi connectivity index (χ3n) is 3.92. The molecule has 3 N–H and O–H groups in total. The van der Waals surface area contributed by atoms with Gasteiger partial charge in [-0.3, -0.25) is 9.59 Å². The lowest BCUT2D eigenvalue weighted by Gasteiger charge is -2.10. The van der Waals surface area contributed by atoms with Crippen LogP contribution in [0.25, 0.3) is 0 Å². The molecule has 0 aliphatic carbocycles. The number of unbranched alkanes of at least 4 members (excludes halogenated alkanes) is 3. The zero-order chi connectivity index (χ0) is 19.5. The largest absolute Gasteiger partial charge is 0.467 e. The van der Waals surface area contributed by atoms with E-state index in [4.69, 9.17) is 16.6 Å². The van der Waals surface area contributed by atoms with Gasteiger partial charge in [0.15, 0.2) is 5.11 Å². The van der Waals surface area contributed by atoms with Crippen molar-refractivity contribution in [3.63, 3.8) is 0 Å². The fourth-order valence-electron chi connectivity index (χ4n) is 2.45. The minimum absolute atomic E-state index is 0.0856. The highest BCUT2D eigenvalue weighted by Crippen LogP contribution is 2.10. The van der Waals surface area contributed by atoms with Crippen molar-refractivity contribution in [1.82, 2.24) is 10.6 Å². The number of furan rings is 1. The molecule has 0 saturated carbocycles. The minimum Gasteiger partial charge on any atom is -0.467 e. The van der Waals surface area contributed by atoms with Crippen molar-refractivity contribution < 1.29 is 14.0 Å². The van der Waals surface area contributed by atoms with Crippen LogP contribution in [0.2, 0.25) is 0 Å². The molecule has 0 aliphatic rings. The van der Waals surface area contributed by atoms with Crippen molar-refractivity contribution in [2.45, 2.75) is 45.6 Å². The summed E-state index contributed by atoms with van der Waals surface area (Å²) in [6, 6.07) is 10.4. The van der Waals surface area contributed by atoms with E-state index >= 15 is 0 Å². The zero-order valence-electron chi connectivity index (χ0n) is 15.4. The van der Waals surface area contributed by atoms with E-state index in [-0.39, 0.29) is 16.9 Å². The molecule has 0 bridgehead atoms. The maximum absolute atomic E-state index is 12.1. The molecule has 2 aromatic rings. The summed E-state index contributed by atoms with van der Waals surface area (Å²) in [7, 11) is 0. The molecule has 0 spiro atoms. The summed E-state index contributed by atoms with van der Waals surface area (Å²) >= 11 is 5.15. The van der Waals surface area contributed by atoms with Gasteiger partial charge >= 0.3 is 0 Å². The number of thiocarbonyl (C=S) groups is 1. The molecule has 0 radical (unpaired) electrons. The van der Waals surface area contributed by atoms with Gasteiger partial charge < -0.3 is 20.4 Å². The molecule has 0 fully saturated rings. The van der Waals surface area contributed by atoms with E-state index in [1.807, 2.05) is 0 Å². The van der Waals surface area contributed by atoms with Gasteiger partial charge in [-0.1, -0.05) is 26.2 Å². The van der Waals surface area contributed by atoms with Crippen LogP contribution >= 0.6 is 12.2 Å². The Morgan fingerprint density at radius 3 is 2.52 bits per heavy atom. The molecular weight excluding hydrogens is 362 g/mol. The Balaban J connectivity index is 1.74. The zero-order valence-corrected chi connectivity index (χ0v) is 16.2. The summed E-state index contributed by atoms with van der Waals surface area (Å²) in [5.41, 5.74) is 1.23. The number of hydrogen-bond acceptors (Lipinski definition) is 4. The van der Waals surface area contributed by atoms with E-state index in [9.17, 15) is 9.59 Å². The maximum atomic E-state index is 12.1. The summed E-state index contributed by atoms with van der Waals surface area (Å²) in [5.74, 6) is 0.413. The Bertz CT molecular complexity index is 742. The average molecular weight is 388 g/mol. The monoisotopic (exact) mass is 387 g/mol. The van der Waals surface area contributed by atoms with Gasteiger partial charge in [-0.25, -0.2) is 0 Å². The molecule has 6 nitrogen and oxygen atoms in total. The predicted octanol–water partition coefficient (Wildman–Crippen LogP) is 3.99. The lowest BCUT2D eigenvalue weighted by Crippen LogP contribution is -2.33. The van der Waals surface area contributed by atoms with Crippen LogP contribution < -0.4 is 16.0 Å².